The maximum absolute atomic E-state index is 8.12. The molecular weight excluding hydrogens is 104 g/mol. The molecule has 0 aromatic heterocycles. The van der Waals surface area contributed by atoms with Gasteiger partial charge in [-0.05, 0) is 0 Å². The molecule has 2 heteroatoms. The minimum Gasteiger partial charge on any atom is -0.186 e. The normalized spacial score (nSPS) is 16.0. The maximum Gasteiger partial charge on any atom is 0.373 e. The monoisotopic (exact) mass is 114 g/mol. The molecule has 0 bridgehead atoms. The van der Waals surface area contributed by atoms with E-state index in [9.17, 15) is 0 Å². The molecule has 0 aromatic carbocycles. The van der Waals surface area contributed by atoms with Gasteiger partial charge in [-0.3, -0.25) is 0 Å². The number of hydrogen-bond donors (Lipinski definition) is 0. The van der Waals surface area contributed by atoms with Crippen molar-refractivity contribution in [3.8, 4) is 0 Å². The average molecular weight is 114 g/mol. The van der Waals surface area contributed by atoms with E-state index < -0.39 is 0 Å². The van der Waals surface area contributed by atoms with Crippen LogP contribution in [0.3, 0.4) is 0 Å². The lowest BCUT2D eigenvalue weighted by atomic mass is 10.4. The predicted octanol–water partition coefficient (Wildman–Crippen LogP) is 1.37. The molecule has 0 saturated heterocycles. The molecule has 0 atom stereocenters. The Hall–Kier alpha value is -0.620. The summed E-state index contributed by atoms with van der Waals surface area (Å²) in [5, 5.41) is 0. The van der Waals surface area contributed by atoms with Crippen molar-refractivity contribution in [2.45, 2.75) is 32.1 Å². The molecule has 0 spiro atoms. The van der Waals surface area contributed by atoms with Crippen LogP contribution in [0, 0.1) is 0 Å². The summed E-state index contributed by atoms with van der Waals surface area (Å²) in [7, 11) is 0. The van der Waals surface area contributed by atoms with Crippen LogP contribution in [0.2, 0.25) is 0 Å². The molecule has 1 saturated carbocycles. The first kappa shape index (κ1) is 7.38. The van der Waals surface area contributed by atoms with Crippen molar-refractivity contribution in [3.05, 3.63) is 0 Å². The number of rotatable bonds is 0. The third-order valence-electron chi connectivity index (χ3n) is 1.25. The van der Waals surface area contributed by atoms with Crippen LogP contribution in [0.25, 0.3) is 0 Å². The van der Waals surface area contributed by atoms with Crippen molar-refractivity contribution in [1.82, 2.24) is 0 Å². The van der Waals surface area contributed by atoms with Crippen LogP contribution in [0.5, 0.6) is 0 Å². The third kappa shape index (κ3) is 5.38. The van der Waals surface area contributed by atoms with E-state index >= 15 is 0 Å². The smallest absolute Gasteiger partial charge is 0.186 e. The highest BCUT2D eigenvalue weighted by Gasteiger charge is 1.95. The second-order valence-electron chi connectivity index (χ2n) is 1.85. The second kappa shape index (κ2) is 6.38. The third-order valence-corrected chi connectivity index (χ3v) is 1.25. The zero-order valence-electron chi connectivity index (χ0n) is 4.85. The van der Waals surface area contributed by atoms with Gasteiger partial charge in [-0.15, -0.1) is 0 Å². The Morgan fingerprint density at radius 3 is 1.00 bits per heavy atom. The Morgan fingerprint density at radius 2 is 0.875 bits per heavy atom. The highest BCUT2D eigenvalue weighted by atomic mass is 16.2. The van der Waals surface area contributed by atoms with Crippen molar-refractivity contribution >= 4 is 6.15 Å². The van der Waals surface area contributed by atoms with Crippen molar-refractivity contribution in [2.75, 3.05) is 0 Å². The van der Waals surface area contributed by atoms with Gasteiger partial charge in [0.25, 0.3) is 0 Å². The SMILES string of the molecule is C1CCCC1.O=C=O. The number of carbonyl (C=O) groups excluding carboxylic acids is 2. The highest BCUT2D eigenvalue weighted by molar-refractivity contribution is 5.20. The van der Waals surface area contributed by atoms with Gasteiger partial charge in [0.2, 0.25) is 0 Å². The molecule has 0 amide bonds. The fourth-order valence-corrected chi connectivity index (χ4v) is 0.884. The Morgan fingerprint density at radius 1 is 0.750 bits per heavy atom. The summed E-state index contributed by atoms with van der Waals surface area (Å²) >= 11 is 0. The molecule has 0 unspecified atom stereocenters. The second-order valence-corrected chi connectivity index (χ2v) is 1.85. The maximum atomic E-state index is 8.12. The van der Waals surface area contributed by atoms with E-state index in [4.69, 9.17) is 9.59 Å². The summed E-state index contributed by atoms with van der Waals surface area (Å²) in [6.07, 6.45) is 7.75. The van der Waals surface area contributed by atoms with Crippen molar-refractivity contribution in [1.29, 1.82) is 0 Å². The topological polar surface area (TPSA) is 34.1 Å². The molecule has 1 rings (SSSR count). The molecule has 0 radical (unpaired) electrons. The van der Waals surface area contributed by atoms with Crippen LogP contribution < -0.4 is 0 Å². The Labute approximate surface area is 48.9 Å². The number of hydrogen-bond acceptors (Lipinski definition) is 2. The Kier molecular flexibility index (Phi) is 5.89. The van der Waals surface area contributed by atoms with Gasteiger partial charge in [0, 0.05) is 0 Å². The van der Waals surface area contributed by atoms with Crippen LogP contribution in [0.4, 0.5) is 0 Å². The summed E-state index contributed by atoms with van der Waals surface area (Å²) in [5.74, 6) is 0. The van der Waals surface area contributed by atoms with Gasteiger partial charge >= 0.3 is 6.15 Å². The van der Waals surface area contributed by atoms with Crippen molar-refractivity contribution in [2.24, 2.45) is 0 Å². The van der Waals surface area contributed by atoms with Crippen LogP contribution >= 0.6 is 0 Å². The molecule has 0 heterocycles. The molecule has 0 N–H and O–H groups in total. The minimum absolute atomic E-state index is 0.250. The van der Waals surface area contributed by atoms with Crippen LogP contribution in [0.1, 0.15) is 32.1 Å². The summed E-state index contributed by atoms with van der Waals surface area (Å²) in [6.45, 7) is 0. The van der Waals surface area contributed by atoms with Gasteiger partial charge in [-0.2, -0.15) is 9.59 Å². The molecule has 2 nitrogen and oxygen atoms in total. The molecule has 0 aliphatic heterocycles. The first-order valence-electron chi connectivity index (χ1n) is 2.91. The fraction of sp³-hybridized carbons (Fsp3) is 0.833. The van der Waals surface area contributed by atoms with E-state index in [0.717, 1.165) is 0 Å². The summed E-state index contributed by atoms with van der Waals surface area (Å²) < 4.78 is 0. The average Bonchev–Trinajstić information content (AvgIpc) is 2.17. The zero-order chi connectivity index (χ0) is 6.24. The van der Waals surface area contributed by atoms with E-state index in [-0.39, 0.29) is 6.15 Å². The minimum atomic E-state index is 0.250. The Balaban J connectivity index is 0.000000145. The quantitative estimate of drug-likeness (QED) is 0.476. The fourth-order valence-electron chi connectivity index (χ4n) is 0.884. The summed E-state index contributed by atoms with van der Waals surface area (Å²) in [4.78, 5) is 16.2. The first-order chi connectivity index (χ1) is 3.91. The van der Waals surface area contributed by atoms with Crippen LogP contribution in [-0.4, -0.2) is 6.15 Å². The lowest BCUT2D eigenvalue weighted by Crippen LogP contribution is -1.47. The van der Waals surface area contributed by atoms with E-state index in [1.807, 2.05) is 0 Å². The summed E-state index contributed by atoms with van der Waals surface area (Å²) in [5.41, 5.74) is 0. The lowest BCUT2D eigenvalue weighted by molar-refractivity contribution is -0.191. The molecule has 1 aliphatic rings. The molecule has 46 valence electrons. The van der Waals surface area contributed by atoms with Crippen LogP contribution in [-0.2, 0) is 9.59 Å². The lowest BCUT2D eigenvalue weighted by Gasteiger charge is -1.67. The van der Waals surface area contributed by atoms with Gasteiger partial charge in [0.05, 0.1) is 0 Å². The molecular formula is C6H10O2. The van der Waals surface area contributed by atoms with Crippen molar-refractivity contribution in [3.63, 3.8) is 0 Å². The largest absolute Gasteiger partial charge is 0.373 e. The molecule has 1 aliphatic carbocycles. The zero-order valence-corrected chi connectivity index (χ0v) is 4.85. The van der Waals surface area contributed by atoms with Gasteiger partial charge in [-0.1, -0.05) is 32.1 Å². The molecule has 0 aromatic rings. The van der Waals surface area contributed by atoms with Gasteiger partial charge in [0.1, 0.15) is 0 Å². The molecule has 8 heavy (non-hydrogen) atoms. The van der Waals surface area contributed by atoms with Crippen LogP contribution in [0.15, 0.2) is 0 Å². The van der Waals surface area contributed by atoms with Gasteiger partial charge in [-0.25, -0.2) is 0 Å². The standard InChI is InChI=1S/C5H10.CO2/c1-2-4-5-3-1;2-1-3/h1-5H2;. The highest BCUT2D eigenvalue weighted by Crippen LogP contribution is 2.15. The van der Waals surface area contributed by atoms with E-state index in [0.29, 0.717) is 0 Å². The van der Waals surface area contributed by atoms with E-state index in [1.54, 1.807) is 0 Å². The van der Waals surface area contributed by atoms with E-state index in [1.165, 1.54) is 32.1 Å². The van der Waals surface area contributed by atoms with E-state index in [2.05, 4.69) is 0 Å². The van der Waals surface area contributed by atoms with Gasteiger partial charge in [0.15, 0.2) is 0 Å². The van der Waals surface area contributed by atoms with Crippen molar-refractivity contribution < 1.29 is 9.59 Å². The molecule has 1 fully saturated rings. The predicted molar refractivity (Wildman–Crippen MR) is 28.1 cm³/mol. The first-order valence-corrected chi connectivity index (χ1v) is 2.91. The Bertz CT molecular complexity index is 61.0. The van der Waals surface area contributed by atoms with Gasteiger partial charge < -0.3 is 0 Å². The summed E-state index contributed by atoms with van der Waals surface area (Å²) in [6, 6.07) is 0.